The van der Waals surface area contributed by atoms with Gasteiger partial charge in [0, 0.05) is 10.1 Å². The minimum Gasteiger partial charge on any atom is -0.481 e. The summed E-state index contributed by atoms with van der Waals surface area (Å²) in [5.74, 6) is -0.185. The predicted octanol–water partition coefficient (Wildman–Crippen LogP) is 4.28. The summed E-state index contributed by atoms with van der Waals surface area (Å²) in [5.41, 5.74) is 2.57. The van der Waals surface area contributed by atoms with Gasteiger partial charge in [-0.15, -0.1) is 11.8 Å². The topological polar surface area (TPSA) is 37.3 Å². The highest BCUT2D eigenvalue weighted by Crippen LogP contribution is 2.40. The summed E-state index contributed by atoms with van der Waals surface area (Å²) in [7, 11) is 0. The van der Waals surface area contributed by atoms with E-state index in [0.29, 0.717) is 5.92 Å². The molecule has 0 bridgehead atoms. The van der Waals surface area contributed by atoms with E-state index in [9.17, 15) is 9.90 Å². The first-order chi connectivity index (χ1) is 8.97. The first kappa shape index (κ1) is 14.4. The summed E-state index contributed by atoms with van der Waals surface area (Å²) >= 11 is 1.75. The van der Waals surface area contributed by atoms with Gasteiger partial charge in [-0.05, 0) is 62.3 Å². The second kappa shape index (κ2) is 6.00. The summed E-state index contributed by atoms with van der Waals surface area (Å²) in [4.78, 5) is 12.6. The maximum Gasteiger partial charge on any atom is 0.307 e. The molecule has 2 rings (SSSR count). The lowest BCUT2D eigenvalue weighted by molar-refractivity contribution is -0.142. The Bertz CT molecular complexity index is 470. The van der Waals surface area contributed by atoms with Gasteiger partial charge in [0.25, 0.3) is 0 Å². The molecule has 0 amide bonds. The number of carboxylic acids is 1. The van der Waals surface area contributed by atoms with Crippen LogP contribution in [0.4, 0.5) is 0 Å². The van der Waals surface area contributed by atoms with Gasteiger partial charge in [-0.1, -0.05) is 13.0 Å². The van der Waals surface area contributed by atoms with E-state index in [4.69, 9.17) is 0 Å². The van der Waals surface area contributed by atoms with Crippen LogP contribution in [-0.4, -0.2) is 16.3 Å². The van der Waals surface area contributed by atoms with Gasteiger partial charge in [-0.3, -0.25) is 4.79 Å². The van der Waals surface area contributed by atoms with Crippen molar-refractivity contribution in [2.45, 2.75) is 50.2 Å². The fourth-order valence-corrected chi connectivity index (χ4v) is 4.29. The van der Waals surface area contributed by atoms with E-state index in [1.54, 1.807) is 11.8 Å². The van der Waals surface area contributed by atoms with Crippen LogP contribution in [0, 0.1) is 25.7 Å². The second-order valence-corrected chi connectivity index (χ2v) is 7.08. The van der Waals surface area contributed by atoms with Crippen LogP contribution in [0.3, 0.4) is 0 Å². The highest BCUT2D eigenvalue weighted by molar-refractivity contribution is 8.00. The molecule has 1 N–H and O–H groups in total. The number of benzene rings is 1. The summed E-state index contributed by atoms with van der Waals surface area (Å²) < 4.78 is 0. The Hall–Kier alpha value is -0.960. The van der Waals surface area contributed by atoms with Gasteiger partial charge in [-0.25, -0.2) is 0 Å². The third kappa shape index (κ3) is 3.53. The van der Waals surface area contributed by atoms with Crippen LogP contribution in [0.25, 0.3) is 0 Å². The molecule has 0 heterocycles. The normalized spacial score (nSPS) is 27.2. The molecule has 19 heavy (non-hydrogen) atoms. The molecule has 1 aliphatic rings. The Balaban J connectivity index is 2.13. The fourth-order valence-electron chi connectivity index (χ4n) is 2.70. The molecule has 3 unspecified atom stereocenters. The summed E-state index contributed by atoms with van der Waals surface area (Å²) in [6.07, 6.45) is 2.87. The Morgan fingerprint density at radius 3 is 2.63 bits per heavy atom. The fraction of sp³-hybridized carbons (Fsp3) is 0.562. The van der Waals surface area contributed by atoms with Gasteiger partial charge in [0.05, 0.1) is 5.92 Å². The number of carbonyl (C=O) groups is 1. The zero-order valence-corrected chi connectivity index (χ0v) is 12.7. The number of rotatable bonds is 3. The molecular weight excluding hydrogens is 256 g/mol. The minimum atomic E-state index is -0.631. The monoisotopic (exact) mass is 278 g/mol. The van der Waals surface area contributed by atoms with Gasteiger partial charge >= 0.3 is 5.97 Å². The molecule has 0 spiro atoms. The molecule has 1 aromatic carbocycles. The van der Waals surface area contributed by atoms with E-state index in [2.05, 4.69) is 39.0 Å². The van der Waals surface area contributed by atoms with Crippen LogP contribution in [-0.2, 0) is 4.79 Å². The van der Waals surface area contributed by atoms with Crippen molar-refractivity contribution in [3.63, 3.8) is 0 Å². The van der Waals surface area contributed by atoms with E-state index in [0.717, 1.165) is 19.3 Å². The zero-order chi connectivity index (χ0) is 14.0. The van der Waals surface area contributed by atoms with Crippen molar-refractivity contribution in [3.8, 4) is 0 Å². The summed E-state index contributed by atoms with van der Waals surface area (Å²) in [6.45, 7) is 6.44. The molecule has 1 fully saturated rings. The highest BCUT2D eigenvalue weighted by Gasteiger charge is 2.34. The maximum atomic E-state index is 11.4. The standard InChI is InChI=1S/C16H22O2S/c1-10-4-7-14(16(17)18)15(8-10)19-13-6-5-11(2)12(3)9-13/h5-6,9-10,14-15H,4,7-8H2,1-3H3,(H,17,18). The number of aryl methyl sites for hydroxylation is 2. The number of hydrogen-bond donors (Lipinski definition) is 1. The van der Waals surface area contributed by atoms with Crippen LogP contribution in [0.1, 0.15) is 37.3 Å². The molecule has 3 heteroatoms. The first-order valence-electron chi connectivity index (χ1n) is 6.94. The number of aliphatic carboxylic acids is 1. The van der Waals surface area contributed by atoms with E-state index in [1.165, 1.54) is 16.0 Å². The van der Waals surface area contributed by atoms with Crippen molar-refractivity contribution in [2.24, 2.45) is 11.8 Å². The van der Waals surface area contributed by atoms with Crippen molar-refractivity contribution >= 4 is 17.7 Å². The van der Waals surface area contributed by atoms with Crippen LogP contribution in [0.5, 0.6) is 0 Å². The SMILES string of the molecule is Cc1ccc(SC2CC(C)CCC2C(=O)O)cc1C. The van der Waals surface area contributed by atoms with Gasteiger partial charge in [0.15, 0.2) is 0 Å². The van der Waals surface area contributed by atoms with Crippen molar-refractivity contribution in [3.05, 3.63) is 29.3 Å². The molecule has 0 radical (unpaired) electrons. The molecular formula is C16H22O2S. The number of thioether (sulfide) groups is 1. The Labute approximate surface area is 119 Å². The molecule has 104 valence electrons. The Kier molecular flexibility index (Phi) is 4.56. The molecule has 0 aromatic heterocycles. The number of carboxylic acid groups (broad SMARTS) is 1. The lowest BCUT2D eigenvalue weighted by atomic mass is 9.82. The van der Waals surface area contributed by atoms with Crippen molar-refractivity contribution in [1.29, 1.82) is 0 Å². The lowest BCUT2D eigenvalue weighted by Gasteiger charge is -2.32. The summed E-state index contributed by atoms with van der Waals surface area (Å²) in [6, 6.07) is 6.42. The van der Waals surface area contributed by atoms with Crippen LogP contribution < -0.4 is 0 Å². The second-order valence-electron chi connectivity index (χ2n) is 5.77. The maximum absolute atomic E-state index is 11.4. The van der Waals surface area contributed by atoms with Crippen molar-refractivity contribution in [2.75, 3.05) is 0 Å². The predicted molar refractivity (Wildman–Crippen MR) is 79.7 cm³/mol. The Morgan fingerprint density at radius 2 is 2.00 bits per heavy atom. The third-order valence-electron chi connectivity index (χ3n) is 4.14. The quantitative estimate of drug-likeness (QED) is 0.896. The Morgan fingerprint density at radius 1 is 1.26 bits per heavy atom. The largest absolute Gasteiger partial charge is 0.481 e. The van der Waals surface area contributed by atoms with Crippen LogP contribution in [0.15, 0.2) is 23.1 Å². The molecule has 2 nitrogen and oxygen atoms in total. The van der Waals surface area contributed by atoms with Crippen LogP contribution >= 0.6 is 11.8 Å². The number of hydrogen-bond acceptors (Lipinski definition) is 2. The highest BCUT2D eigenvalue weighted by atomic mass is 32.2. The van der Waals surface area contributed by atoms with E-state index < -0.39 is 5.97 Å². The van der Waals surface area contributed by atoms with E-state index >= 15 is 0 Å². The van der Waals surface area contributed by atoms with Crippen molar-refractivity contribution < 1.29 is 9.90 Å². The van der Waals surface area contributed by atoms with Crippen LogP contribution in [0.2, 0.25) is 0 Å². The van der Waals surface area contributed by atoms with Gasteiger partial charge in [0.2, 0.25) is 0 Å². The molecule has 0 saturated heterocycles. The van der Waals surface area contributed by atoms with E-state index in [-0.39, 0.29) is 11.2 Å². The van der Waals surface area contributed by atoms with E-state index in [1.807, 2.05) is 0 Å². The summed E-state index contributed by atoms with van der Waals surface area (Å²) in [5, 5.41) is 9.57. The molecule has 0 aliphatic heterocycles. The first-order valence-corrected chi connectivity index (χ1v) is 7.82. The molecule has 1 saturated carbocycles. The smallest absolute Gasteiger partial charge is 0.307 e. The average molecular weight is 278 g/mol. The van der Waals surface area contributed by atoms with Gasteiger partial charge in [0.1, 0.15) is 0 Å². The lowest BCUT2D eigenvalue weighted by Crippen LogP contribution is -2.32. The molecule has 1 aliphatic carbocycles. The average Bonchev–Trinajstić information content (AvgIpc) is 2.33. The minimum absolute atomic E-state index is 0.192. The zero-order valence-electron chi connectivity index (χ0n) is 11.8. The van der Waals surface area contributed by atoms with Gasteiger partial charge in [-0.2, -0.15) is 0 Å². The molecule has 1 aromatic rings. The third-order valence-corrected chi connectivity index (χ3v) is 5.49. The molecule has 3 atom stereocenters. The van der Waals surface area contributed by atoms with Crippen molar-refractivity contribution in [1.82, 2.24) is 0 Å². The van der Waals surface area contributed by atoms with Gasteiger partial charge < -0.3 is 5.11 Å².